The summed E-state index contributed by atoms with van der Waals surface area (Å²) in [4.78, 5) is 21.0. The number of aliphatic imine (C=N–C) groups is 1. The summed E-state index contributed by atoms with van der Waals surface area (Å²) < 4.78 is 0. The van der Waals surface area contributed by atoms with Crippen LogP contribution in [0.4, 0.5) is 5.69 Å². The van der Waals surface area contributed by atoms with Crippen LogP contribution in [0.3, 0.4) is 0 Å². The number of halogens is 1. The van der Waals surface area contributed by atoms with Crippen LogP contribution in [0.1, 0.15) is 25.3 Å². The summed E-state index contributed by atoms with van der Waals surface area (Å²) in [5.74, 6) is 1.17. The summed E-state index contributed by atoms with van der Waals surface area (Å²) in [5, 5.41) is 3.35. The summed E-state index contributed by atoms with van der Waals surface area (Å²) in [5.41, 5.74) is 2.18. The average molecular weight is 428 g/mol. The van der Waals surface area contributed by atoms with Crippen LogP contribution < -0.4 is 10.2 Å². The molecule has 1 aromatic rings. The largest absolute Gasteiger partial charge is 0.357 e. The lowest BCUT2D eigenvalue weighted by Crippen LogP contribution is -2.40. The standard InChI is InChI=1S/C17H24N4O.HI/c1-2-18-17(20-10-5-6-11-20)19-9-12-21-15-8-4-3-7-14(15)13-16(21)22;/h3-4,7-8H,2,5-6,9-13H2,1H3,(H,18,19);1H. The fraction of sp³-hybridized carbons (Fsp3) is 0.529. The molecule has 3 rings (SSSR count). The van der Waals surface area contributed by atoms with Gasteiger partial charge in [0.25, 0.3) is 0 Å². The van der Waals surface area contributed by atoms with Crippen LogP contribution in [-0.4, -0.2) is 49.5 Å². The number of likely N-dealkylation sites (tertiary alicyclic amines) is 1. The maximum absolute atomic E-state index is 12.1. The van der Waals surface area contributed by atoms with Gasteiger partial charge in [-0.3, -0.25) is 9.79 Å². The normalized spacial score (nSPS) is 17.3. The molecule has 1 aromatic carbocycles. The van der Waals surface area contributed by atoms with Crippen LogP contribution >= 0.6 is 24.0 Å². The highest BCUT2D eigenvalue weighted by atomic mass is 127. The molecule has 1 N–H and O–H groups in total. The van der Waals surface area contributed by atoms with Crippen LogP contribution in [-0.2, 0) is 11.2 Å². The third kappa shape index (κ3) is 4.16. The number of guanidine groups is 1. The minimum absolute atomic E-state index is 0. The van der Waals surface area contributed by atoms with Crippen LogP contribution in [0.2, 0.25) is 0 Å². The Balaban J connectivity index is 0.00000192. The van der Waals surface area contributed by atoms with E-state index in [1.807, 2.05) is 29.2 Å². The number of hydrogen-bond donors (Lipinski definition) is 1. The molecule has 5 nitrogen and oxygen atoms in total. The molecule has 0 spiro atoms. The molecule has 1 amide bonds. The number of carbonyl (C=O) groups is 1. The topological polar surface area (TPSA) is 47.9 Å². The number of benzene rings is 1. The van der Waals surface area contributed by atoms with Gasteiger partial charge in [0.15, 0.2) is 5.96 Å². The molecular weight excluding hydrogens is 403 g/mol. The van der Waals surface area contributed by atoms with Crippen molar-refractivity contribution < 1.29 is 4.79 Å². The number of nitrogens with one attached hydrogen (secondary N) is 1. The molecule has 0 aliphatic carbocycles. The molecular formula is C17H25IN4O. The number of hydrogen-bond acceptors (Lipinski definition) is 2. The maximum Gasteiger partial charge on any atom is 0.231 e. The van der Waals surface area contributed by atoms with Crippen LogP contribution in [0.5, 0.6) is 0 Å². The van der Waals surface area contributed by atoms with E-state index in [4.69, 9.17) is 4.99 Å². The highest BCUT2D eigenvalue weighted by molar-refractivity contribution is 14.0. The van der Waals surface area contributed by atoms with Gasteiger partial charge in [-0.1, -0.05) is 18.2 Å². The van der Waals surface area contributed by atoms with Crippen LogP contribution in [0.15, 0.2) is 29.3 Å². The summed E-state index contributed by atoms with van der Waals surface area (Å²) in [6.45, 7) is 6.42. The van der Waals surface area contributed by atoms with Crippen molar-refractivity contribution in [2.75, 3.05) is 37.6 Å². The second-order valence-electron chi connectivity index (χ2n) is 5.78. The van der Waals surface area contributed by atoms with Crippen molar-refractivity contribution in [3.8, 4) is 0 Å². The number of nitrogens with zero attached hydrogens (tertiary/aromatic N) is 3. The van der Waals surface area contributed by atoms with Crippen molar-refractivity contribution >= 4 is 41.5 Å². The number of carbonyl (C=O) groups excluding carboxylic acids is 1. The van der Waals surface area contributed by atoms with Crippen molar-refractivity contribution in [3.63, 3.8) is 0 Å². The predicted molar refractivity (Wildman–Crippen MR) is 105 cm³/mol. The van der Waals surface area contributed by atoms with Gasteiger partial charge < -0.3 is 15.1 Å². The number of anilines is 1. The summed E-state index contributed by atoms with van der Waals surface area (Å²) in [7, 11) is 0. The fourth-order valence-electron chi connectivity index (χ4n) is 3.17. The highest BCUT2D eigenvalue weighted by Gasteiger charge is 2.26. The quantitative estimate of drug-likeness (QED) is 0.455. The SMILES string of the molecule is CCNC(=NCCN1C(=O)Cc2ccccc21)N1CCCC1.I. The van der Waals surface area contributed by atoms with Crippen molar-refractivity contribution in [2.24, 2.45) is 4.99 Å². The number of fused-ring (bicyclic) bond motifs is 1. The van der Waals surface area contributed by atoms with Crippen molar-refractivity contribution in [1.82, 2.24) is 10.2 Å². The minimum Gasteiger partial charge on any atom is -0.357 e. The van der Waals surface area contributed by atoms with Gasteiger partial charge in [0.05, 0.1) is 13.0 Å². The molecule has 2 heterocycles. The van der Waals surface area contributed by atoms with E-state index in [9.17, 15) is 4.79 Å². The first-order chi connectivity index (χ1) is 10.8. The Kier molecular flexibility index (Phi) is 6.68. The van der Waals surface area contributed by atoms with Gasteiger partial charge in [0, 0.05) is 31.9 Å². The van der Waals surface area contributed by atoms with E-state index in [1.54, 1.807) is 0 Å². The van der Waals surface area contributed by atoms with E-state index in [0.29, 0.717) is 19.5 Å². The van der Waals surface area contributed by atoms with Gasteiger partial charge >= 0.3 is 0 Å². The van der Waals surface area contributed by atoms with Crippen LogP contribution in [0, 0.1) is 0 Å². The maximum atomic E-state index is 12.1. The molecule has 0 atom stereocenters. The highest BCUT2D eigenvalue weighted by Crippen LogP contribution is 2.27. The predicted octanol–water partition coefficient (Wildman–Crippen LogP) is 2.26. The van der Waals surface area contributed by atoms with E-state index in [2.05, 4.69) is 17.1 Å². The fourth-order valence-corrected chi connectivity index (χ4v) is 3.17. The Morgan fingerprint density at radius 2 is 2.00 bits per heavy atom. The summed E-state index contributed by atoms with van der Waals surface area (Å²) in [6.07, 6.45) is 3.00. The first-order valence-corrected chi connectivity index (χ1v) is 8.21. The molecule has 2 aliphatic rings. The summed E-state index contributed by atoms with van der Waals surface area (Å²) in [6, 6.07) is 8.03. The molecule has 0 radical (unpaired) electrons. The zero-order valence-electron chi connectivity index (χ0n) is 13.6. The number of rotatable bonds is 4. The molecule has 0 unspecified atom stereocenters. The van der Waals surface area contributed by atoms with Crippen molar-refractivity contribution in [2.45, 2.75) is 26.2 Å². The van der Waals surface area contributed by atoms with Gasteiger partial charge in [-0.15, -0.1) is 24.0 Å². The van der Waals surface area contributed by atoms with Gasteiger partial charge in [-0.2, -0.15) is 0 Å². The molecule has 0 bridgehead atoms. The lowest BCUT2D eigenvalue weighted by atomic mass is 10.2. The zero-order valence-corrected chi connectivity index (χ0v) is 16.0. The Labute approximate surface area is 155 Å². The minimum atomic E-state index is 0. The number of amides is 1. The average Bonchev–Trinajstić information content (AvgIpc) is 3.15. The van der Waals surface area contributed by atoms with Gasteiger partial charge in [-0.25, -0.2) is 0 Å². The molecule has 0 saturated carbocycles. The zero-order chi connectivity index (χ0) is 15.4. The van der Waals surface area contributed by atoms with Gasteiger partial charge in [0.2, 0.25) is 5.91 Å². The monoisotopic (exact) mass is 428 g/mol. The molecule has 6 heteroatoms. The van der Waals surface area contributed by atoms with E-state index in [-0.39, 0.29) is 29.9 Å². The Morgan fingerprint density at radius 3 is 2.74 bits per heavy atom. The van der Waals surface area contributed by atoms with Crippen molar-refractivity contribution in [1.29, 1.82) is 0 Å². The molecule has 2 aliphatic heterocycles. The second-order valence-corrected chi connectivity index (χ2v) is 5.78. The van der Waals surface area contributed by atoms with Crippen molar-refractivity contribution in [3.05, 3.63) is 29.8 Å². The molecule has 1 fully saturated rings. The second kappa shape index (κ2) is 8.52. The Morgan fingerprint density at radius 1 is 1.26 bits per heavy atom. The third-order valence-electron chi connectivity index (χ3n) is 4.25. The van der Waals surface area contributed by atoms with Gasteiger partial charge in [-0.05, 0) is 31.4 Å². The number of para-hydroxylation sites is 1. The summed E-state index contributed by atoms with van der Waals surface area (Å²) >= 11 is 0. The first-order valence-electron chi connectivity index (χ1n) is 8.21. The molecule has 23 heavy (non-hydrogen) atoms. The Bertz CT molecular complexity index is 569. The van der Waals surface area contributed by atoms with E-state index in [1.165, 1.54) is 12.8 Å². The molecule has 0 aromatic heterocycles. The van der Waals surface area contributed by atoms with E-state index < -0.39 is 0 Å². The lowest BCUT2D eigenvalue weighted by molar-refractivity contribution is -0.117. The molecule has 126 valence electrons. The van der Waals surface area contributed by atoms with Gasteiger partial charge in [0.1, 0.15) is 0 Å². The van der Waals surface area contributed by atoms with E-state index >= 15 is 0 Å². The lowest BCUT2D eigenvalue weighted by Gasteiger charge is -2.21. The van der Waals surface area contributed by atoms with E-state index in [0.717, 1.165) is 36.8 Å². The smallest absolute Gasteiger partial charge is 0.231 e. The molecule has 1 saturated heterocycles. The van der Waals surface area contributed by atoms with Crippen LogP contribution in [0.25, 0.3) is 0 Å². The Hall–Kier alpha value is -1.31. The third-order valence-corrected chi connectivity index (χ3v) is 4.25. The first kappa shape index (κ1) is 18.0.